The average Bonchev–Trinajstić information content (AvgIpc) is 2.04. The predicted molar refractivity (Wildman–Crippen MR) is 40.8 cm³/mol. The van der Waals surface area contributed by atoms with Crippen LogP contribution >= 0.6 is 0 Å². The number of hydrogen-bond donors (Lipinski definition) is 0. The summed E-state index contributed by atoms with van der Waals surface area (Å²) < 4.78 is 4.35. The van der Waals surface area contributed by atoms with Gasteiger partial charge in [0.05, 0.1) is 6.07 Å². The lowest BCUT2D eigenvalue weighted by molar-refractivity contribution is -0.164. The highest BCUT2D eigenvalue weighted by Crippen LogP contribution is 2.15. The molecule has 66 valence electrons. The molecular formula is C8H11NO3. The highest BCUT2D eigenvalue weighted by Gasteiger charge is 2.30. The van der Waals surface area contributed by atoms with Crippen LogP contribution in [0.25, 0.3) is 0 Å². The summed E-state index contributed by atoms with van der Waals surface area (Å²) >= 11 is 0. The van der Waals surface area contributed by atoms with Crippen LogP contribution < -0.4 is 0 Å². The Morgan fingerprint density at radius 1 is 1.50 bits per heavy atom. The van der Waals surface area contributed by atoms with Gasteiger partial charge in [-0.2, -0.15) is 5.26 Å². The summed E-state index contributed by atoms with van der Waals surface area (Å²) in [6.45, 7) is 4.38. The number of carbonyl (C=O) groups is 2. The fourth-order valence-corrected chi connectivity index (χ4v) is 0.349. The molecule has 4 nitrogen and oxygen atoms in total. The van der Waals surface area contributed by atoms with E-state index in [2.05, 4.69) is 4.74 Å². The second-order valence-corrected chi connectivity index (χ2v) is 2.85. The first-order valence-corrected chi connectivity index (χ1v) is 3.60. The Labute approximate surface area is 71.1 Å². The van der Waals surface area contributed by atoms with E-state index in [1.54, 1.807) is 13.0 Å². The van der Waals surface area contributed by atoms with Gasteiger partial charge in [-0.05, 0) is 13.8 Å². The SMILES string of the molecule is CCC(=O)OC(=O)C(C)(C)C#N. The quantitative estimate of drug-likeness (QED) is 0.457. The van der Waals surface area contributed by atoms with Gasteiger partial charge in [-0.25, -0.2) is 4.79 Å². The van der Waals surface area contributed by atoms with E-state index in [1.165, 1.54) is 13.8 Å². The zero-order chi connectivity index (χ0) is 9.78. The van der Waals surface area contributed by atoms with Crippen molar-refractivity contribution in [3.05, 3.63) is 0 Å². The molecule has 0 saturated heterocycles. The van der Waals surface area contributed by atoms with Crippen LogP contribution in [0.4, 0.5) is 0 Å². The fraction of sp³-hybridized carbons (Fsp3) is 0.625. The maximum atomic E-state index is 11.0. The van der Waals surface area contributed by atoms with Crippen molar-refractivity contribution in [2.24, 2.45) is 5.41 Å². The third kappa shape index (κ3) is 2.70. The molecule has 0 aromatic rings. The first-order chi connectivity index (χ1) is 5.44. The van der Waals surface area contributed by atoms with Crippen molar-refractivity contribution in [2.75, 3.05) is 0 Å². The van der Waals surface area contributed by atoms with Crippen molar-refractivity contribution in [1.82, 2.24) is 0 Å². The average molecular weight is 169 g/mol. The molecule has 0 aliphatic rings. The van der Waals surface area contributed by atoms with E-state index in [1.807, 2.05) is 0 Å². The van der Waals surface area contributed by atoms with E-state index in [4.69, 9.17) is 5.26 Å². The Morgan fingerprint density at radius 3 is 2.33 bits per heavy atom. The summed E-state index contributed by atoms with van der Waals surface area (Å²) in [5, 5.41) is 8.49. The fourth-order valence-electron chi connectivity index (χ4n) is 0.349. The molecule has 0 bridgehead atoms. The summed E-state index contributed by atoms with van der Waals surface area (Å²) in [5.41, 5.74) is -1.25. The molecule has 4 heteroatoms. The van der Waals surface area contributed by atoms with Crippen molar-refractivity contribution >= 4 is 11.9 Å². The van der Waals surface area contributed by atoms with E-state index in [0.29, 0.717) is 0 Å². The third-order valence-electron chi connectivity index (χ3n) is 1.29. The van der Waals surface area contributed by atoms with Crippen LogP contribution in [0, 0.1) is 16.7 Å². The monoisotopic (exact) mass is 169 g/mol. The lowest BCUT2D eigenvalue weighted by Gasteiger charge is -2.11. The molecule has 0 aromatic carbocycles. The zero-order valence-corrected chi connectivity index (χ0v) is 7.38. The lowest BCUT2D eigenvalue weighted by atomic mass is 9.96. The standard InChI is InChI=1S/C8H11NO3/c1-4-6(10)12-7(11)8(2,3)5-9/h4H2,1-3H3. The number of nitrogens with zero attached hydrogens (tertiary/aromatic N) is 1. The van der Waals surface area contributed by atoms with Crippen molar-refractivity contribution in [2.45, 2.75) is 27.2 Å². The van der Waals surface area contributed by atoms with E-state index in [-0.39, 0.29) is 6.42 Å². The van der Waals surface area contributed by atoms with E-state index < -0.39 is 17.4 Å². The van der Waals surface area contributed by atoms with Gasteiger partial charge in [0.15, 0.2) is 0 Å². The van der Waals surface area contributed by atoms with Gasteiger partial charge in [0.1, 0.15) is 5.41 Å². The molecule has 0 aliphatic carbocycles. The topological polar surface area (TPSA) is 67.2 Å². The number of ether oxygens (including phenoxy) is 1. The van der Waals surface area contributed by atoms with Gasteiger partial charge < -0.3 is 4.74 Å². The van der Waals surface area contributed by atoms with Crippen LogP contribution in [0.3, 0.4) is 0 Å². The molecule has 0 spiro atoms. The molecule has 0 radical (unpaired) electrons. The van der Waals surface area contributed by atoms with Gasteiger partial charge in [0.2, 0.25) is 0 Å². The summed E-state index contributed by atoms with van der Waals surface area (Å²) in [4.78, 5) is 21.6. The van der Waals surface area contributed by atoms with Gasteiger partial charge in [0.25, 0.3) is 0 Å². The van der Waals surface area contributed by atoms with Gasteiger partial charge in [-0.15, -0.1) is 0 Å². The highest BCUT2D eigenvalue weighted by molar-refractivity contribution is 5.89. The predicted octanol–water partition coefficient (Wildman–Crippen LogP) is 1.02. The Kier molecular flexibility index (Phi) is 3.42. The van der Waals surface area contributed by atoms with Crippen molar-refractivity contribution in [3.63, 3.8) is 0 Å². The molecule has 12 heavy (non-hydrogen) atoms. The number of rotatable bonds is 2. The highest BCUT2D eigenvalue weighted by atomic mass is 16.6. The zero-order valence-electron chi connectivity index (χ0n) is 7.38. The Bertz CT molecular complexity index is 237. The van der Waals surface area contributed by atoms with Crippen LogP contribution in [0.2, 0.25) is 0 Å². The van der Waals surface area contributed by atoms with E-state index in [0.717, 1.165) is 0 Å². The summed E-state index contributed by atoms with van der Waals surface area (Å²) in [6, 6.07) is 1.74. The van der Waals surface area contributed by atoms with Crippen molar-refractivity contribution in [1.29, 1.82) is 5.26 Å². The van der Waals surface area contributed by atoms with Crippen molar-refractivity contribution in [3.8, 4) is 6.07 Å². The minimum Gasteiger partial charge on any atom is -0.392 e. The Balaban J connectivity index is 4.25. The van der Waals surface area contributed by atoms with Gasteiger partial charge in [0, 0.05) is 6.42 Å². The van der Waals surface area contributed by atoms with Crippen LogP contribution in [-0.2, 0) is 14.3 Å². The summed E-state index contributed by atoms with van der Waals surface area (Å²) in [5.74, 6) is -1.40. The normalized spacial score (nSPS) is 10.2. The smallest absolute Gasteiger partial charge is 0.333 e. The molecule has 0 rings (SSSR count). The van der Waals surface area contributed by atoms with Crippen molar-refractivity contribution < 1.29 is 14.3 Å². The maximum absolute atomic E-state index is 11.0. The van der Waals surface area contributed by atoms with Gasteiger partial charge in [-0.1, -0.05) is 6.92 Å². The molecule has 0 atom stereocenters. The molecule has 0 heterocycles. The first-order valence-electron chi connectivity index (χ1n) is 3.60. The van der Waals surface area contributed by atoms with Gasteiger partial charge in [-0.3, -0.25) is 4.79 Å². The molecule has 0 fully saturated rings. The van der Waals surface area contributed by atoms with Crippen LogP contribution in [0.15, 0.2) is 0 Å². The van der Waals surface area contributed by atoms with Crippen LogP contribution in [0.1, 0.15) is 27.2 Å². The second-order valence-electron chi connectivity index (χ2n) is 2.85. The number of nitriles is 1. The number of carbonyl (C=O) groups excluding carboxylic acids is 2. The minimum atomic E-state index is -1.25. The molecular weight excluding hydrogens is 158 g/mol. The molecule has 0 aromatic heterocycles. The third-order valence-corrected chi connectivity index (χ3v) is 1.29. The Hall–Kier alpha value is -1.37. The van der Waals surface area contributed by atoms with E-state index in [9.17, 15) is 9.59 Å². The first kappa shape index (κ1) is 10.6. The van der Waals surface area contributed by atoms with Gasteiger partial charge >= 0.3 is 11.9 Å². The second kappa shape index (κ2) is 3.86. The number of esters is 2. The molecule has 0 N–H and O–H groups in total. The molecule has 0 aliphatic heterocycles. The minimum absolute atomic E-state index is 0.132. The molecule has 0 saturated carbocycles. The van der Waals surface area contributed by atoms with E-state index >= 15 is 0 Å². The Morgan fingerprint density at radius 2 is 2.00 bits per heavy atom. The summed E-state index contributed by atoms with van der Waals surface area (Å²) in [7, 11) is 0. The number of hydrogen-bond acceptors (Lipinski definition) is 4. The summed E-state index contributed by atoms with van der Waals surface area (Å²) in [6.07, 6.45) is 0.132. The van der Waals surface area contributed by atoms with Crippen LogP contribution in [0.5, 0.6) is 0 Å². The maximum Gasteiger partial charge on any atom is 0.333 e. The lowest BCUT2D eigenvalue weighted by Crippen LogP contribution is -2.26. The molecule has 0 amide bonds. The largest absolute Gasteiger partial charge is 0.392 e. The van der Waals surface area contributed by atoms with Crippen LogP contribution in [-0.4, -0.2) is 11.9 Å². The molecule has 0 unspecified atom stereocenters.